The minimum atomic E-state index is -0.806. The lowest BCUT2D eigenvalue weighted by Gasteiger charge is -2.21. The van der Waals surface area contributed by atoms with Crippen molar-refractivity contribution < 1.29 is 28.8 Å². The standard InChI is InChI=1S/C20H30N4O6/c1-13(2)19(20(30)22-11-14(3)25)23-16(27)12-21-15(26)7-5-4-6-10-24-17(28)8-9-18(24)29/h8-9,13,19H,4-7,10-12H2,1-3H3,(H,21,26)(H,22,30)(H,23,27). The fourth-order valence-electron chi connectivity index (χ4n) is 2.73. The van der Waals surface area contributed by atoms with Crippen LogP contribution in [0.25, 0.3) is 0 Å². The van der Waals surface area contributed by atoms with Crippen molar-refractivity contribution in [3.05, 3.63) is 12.2 Å². The highest BCUT2D eigenvalue weighted by Crippen LogP contribution is 2.07. The van der Waals surface area contributed by atoms with Crippen molar-refractivity contribution in [1.82, 2.24) is 20.9 Å². The Balaban J connectivity index is 2.23. The monoisotopic (exact) mass is 422 g/mol. The van der Waals surface area contributed by atoms with Crippen molar-refractivity contribution in [2.24, 2.45) is 5.92 Å². The molecule has 1 aliphatic heterocycles. The van der Waals surface area contributed by atoms with Crippen LogP contribution in [0, 0.1) is 5.92 Å². The molecule has 3 N–H and O–H groups in total. The summed E-state index contributed by atoms with van der Waals surface area (Å²) in [6.07, 6.45) is 4.48. The lowest BCUT2D eigenvalue weighted by Crippen LogP contribution is -2.52. The lowest BCUT2D eigenvalue weighted by atomic mass is 10.0. The van der Waals surface area contributed by atoms with Crippen molar-refractivity contribution >= 4 is 35.3 Å². The maximum Gasteiger partial charge on any atom is 0.253 e. The number of carbonyl (C=O) groups excluding carboxylic acids is 6. The lowest BCUT2D eigenvalue weighted by molar-refractivity contribution is -0.137. The fraction of sp³-hybridized carbons (Fsp3) is 0.600. The minimum absolute atomic E-state index is 0.106. The number of nitrogens with one attached hydrogen (secondary N) is 3. The van der Waals surface area contributed by atoms with Crippen LogP contribution in [-0.2, 0) is 28.8 Å². The second-order valence-corrected chi connectivity index (χ2v) is 7.46. The third-order valence-corrected chi connectivity index (χ3v) is 4.41. The van der Waals surface area contributed by atoms with Crippen LogP contribution >= 0.6 is 0 Å². The van der Waals surface area contributed by atoms with Gasteiger partial charge in [-0.3, -0.25) is 33.7 Å². The van der Waals surface area contributed by atoms with E-state index in [1.165, 1.54) is 19.1 Å². The fourth-order valence-corrected chi connectivity index (χ4v) is 2.73. The molecule has 166 valence electrons. The molecule has 1 unspecified atom stereocenters. The van der Waals surface area contributed by atoms with Crippen LogP contribution in [0.4, 0.5) is 0 Å². The van der Waals surface area contributed by atoms with Crippen LogP contribution in [-0.4, -0.2) is 65.9 Å². The Morgan fingerprint density at radius 2 is 1.53 bits per heavy atom. The summed E-state index contributed by atoms with van der Waals surface area (Å²) >= 11 is 0. The number of amides is 5. The first-order chi connectivity index (χ1) is 14.1. The smallest absolute Gasteiger partial charge is 0.253 e. The van der Waals surface area contributed by atoms with E-state index >= 15 is 0 Å². The molecule has 0 aromatic rings. The van der Waals surface area contributed by atoms with Gasteiger partial charge in [-0.1, -0.05) is 20.3 Å². The predicted octanol–water partition coefficient (Wildman–Crippen LogP) is -0.566. The van der Waals surface area contributed by atoms with E-state index in [-0.39, 0.29) is 48.9 Å². The Bertz CT molecular complexity index is 698. The summed E-state index contributed by atoms with van der Waals surface area (Å²) in [5.41, 5.74) is 0. The van der Waals surface area contributed by atoms with Gasteiger partial charge in [0.05, 0.1) is 13.1 Å². The quantitative estimate of drug-likeness (QED) is 0.268. The van der Waals surface area contributed by atoms with Crippen LogP contribution in [0.15, 0.2) is 12.2 Å². The second-order valence-electron chi connectivity index (χ2n) is 7.46. The number of hydrogen-bond acceptors (Lipinski definition) is 6. The van der Waals surface area contributed by atoms with Gasteiger partial charge in [-0.05, 0) is 25.7 Å². The molecule has 0 fully saturated rings. The molecule has 0 spiro atoms. The van der Waals surface area contributed by atoms with E-state index in [1.54, 1.807) is 13.8 Å². The summed E-state index contributed by atoms with van der Waals surface area (Å²) < 4.78 is 0. The van der Waals surface area contributed by atoms with Crippen LogP contribution in [0.5, 0.6) is 0 Å². The van der Waals surface area contributed by atoms with Crippen LogP contribution < -0.4 is 16.0 Å². The zero-order valence-corrected chi connectivity index (χ0v) is 17.7. The summed E-state index contributed by atoms with van der Waals surface area (Å²) in [6.45, 7) is 4.82. The van der Waals surface area contributed by atoms with Crippen molar-refractivity contribution in [3.63, 3.8) is 0 Å². The van der Waals surface area contributed by atoms with Gasteiger partial charge < -0.3 is 16.0 Å². The number of ketones is 1. The van der Waals surface area contributed by atoms with Gasteiger partial charge in [0.1, 0.15) is 11.8 Å². The van der Waals surface area contributed by atoms with E-state index in [0.717, 1.165) is 4.90 Å². The molecule has 10 heteroatoms. The van der Waals surface area contributed by atoms with E-state index in [4.69, 9.17) is 0 Å². The Labute approximate surface area is 175 Å². The van der Waals surface area contributed by atoms with Gasteiger partial charge in [-0.25, -0.2) is 0 Å². The Kier molecular flexibility index (Phi) is 10.4. The maximum absolute atomic E-state index is 12.1. The number of rotatable bonds is 13. The molecule has 1 heterocycles. The molecule has 1 rings (SSSR count). The zero-order valence-electron chi connectivity index (χ0n) is 17.7. The minimum Gasteiger partial charge on any atom is -0.347 e. The molecule has 1 aliphatic rings. The highest BCUT2D eigenvalue weighted by molar-refractivity contribution is 6.12. The molecule has 10 nitrogen and oxygen atoms in total. The summed E-state index contributed by atoms with van der Waals surface area (Å²) in [4.78, 5) is 70.9. The van der Waals surface area contributed by atoms with E-state index in [1.807, 2.05) is 0 Å². The van der Waals surface area contributed by atoms with Crippen LogP contribution in [0.3, 0.4) is 0 Å². The molecule has 0 saturated heterocycles. The van der Waals surface area contributed by atoms with Crippen LogP contribution in [0.2, 0.25) is 0 Å². The average molecular weight is 422 g/mol. The number of hydrogen-bond donors (Lipinski definition) is 3. The van der Waals surface area contributed by atoms with E-state index in [9.17, 15) is 28.8 Å². The Hall–Kier alpha value is -3.04. The van der Waals surface area contributed by atoms with E-state index < -0.39 is 17.9 Å². The largest absolute Gasteiger partial charge is 0.347 e. The van der Waals surface area contributed by atoms with Crippen molar-refractivity contribution in [1.29, 1.82) is 0 Å². The highest BCUT2D eigenvalue weighted by Gasteiger charge is 2.24. The molecule has 0 aromatic heterocycles. The predicted molar refractivity (Wildman–Crippen MR) is 108 cm³/mol. The summed E-state index contributed by atoms with van der Waals surface area (Å²) in [7, 11) is 0. The van der Waals surface area contributed by atoms with Gasteiger partial charge in [0.25, 0.3) is 11.8 Å². The molecule has 0 radical (unpaired) electrons. The van der Waals surface area contributed by atoms with Crippen molar-refractivity contribution in [3.8, 4) is 0 Å². The van der Waals surface area contributed by atoms with Gasteiger partial charge in [-0.15, -0.1) is 0 Å². The summed E-state index contributed by atoms with van der Waals surface area (Å²) in [6, 6.07) is -0.806. The van der Waals surface area contributed by atoms with E-state index in [0.29, 0.717) is 25.8 Å². The number of unbranched alkanes of at least 4 members (excludes halogenated alkanes) is 2. The molecule has 5 amide bonds. The first-order valence-corrected chi connectivity index (χ1v) is 9.98. The van der Waals surface area contributed by atoms with Gasteiger partial charge in [0, 0.05) is 25.1 Å². The highest BCUT2D eigenvalue weighted by atomic mass is 16.2. The molecule has 30 heavy (non-hydrogen) atoms. The molecule has 0 aromatic carbocycles. The molecular formula is C20H30N4O6. The number of carbonyl (C=O) groups is 6. The third kappa shape index (κ3) is 8.97. The normalized spacial score (nSPS) is 14.1. The molecular weight excluding hydrogens is 392 g/mol. The first-order valence-electron chi connectivity index (χ1n) is 9.98. The Morgan fingerprint density at radius 3 is 2.10 bits per heavy atom. The molecule has 0 bridgehead atoms. The number of Topliss-reactive ketones (excluding diaryl/α,β-unsaturated/α-hetero) is 1. The maximum atomic E-state index is 12.1. The van der Waals surface area contributed by atoms with Crippen molar-refractivity contribution in [2.75, 3.05) is 19.6 Å². The topological polar surface area (TPSA) is 142 Å². The first kappa shape index (κ1) is 25.0. The summed E-state index contributed by atoms with van der Waals surface area (Å²) in [5.74, 6) is -2.29. The van der Waals surface area contributed by atoms with Gasteiger partial charge in [-0.2, -0.15) is 0 Å². The van der Waals surface area contributed by atoms with E-state index in [2.05, 4.69) is 16.0 Å². The van der Waals surface area contributed by atoms with Gasteiger partial charge >= 0.3 is 0 Å². The second kappa shape index (κ2) is 12.5. The van der Waals surface area contributed by atoms with Crippen LogP contribution in [0.1, 0.15) is 46.5 Å². The van der Waals surface area contributed by atoms with Gasteiger partial charge in [0.2, 0.25) is 17.7 Å². The molecule has 0 saturated carbocycles. The summed E-state index contributed by atoms with van der Waals surface area (Å²) in [5, 5.41) is 7.51. The number of nitrogens with zero attached hydrogens (tertiary/aromatic N) is 1. The average Bonchev–Trinajstić information content (AvgIpc) is 3.00. The molecule has 0 aliphatic carbocycles. The zero-order chi connectivity index (χ0) is 22.7. The Morgan fingerprint density at radius 1 is 0.900 bits per heavy atom. The van der Waals surface area contributed by atoms with Gasteiger partial charge in [0.15, 0.2) is 0 Å². The van der Waals surface area contributed by atoms with Crippen molar-refractivity contribution in [2.45, 2.75) is 52.5 Å². The third-order valence-electron chi connectivity index (χ3n) is 4.41. The SMILES string of the molecule is CC(=O)CNC(=O)C(NC(=O)CNC(=O)CCCCCN1C(=O)C=CC1=O)C(C)C. The molecule has 1 atom stereocenters. The number of imide groups is 1.